The standard InChI is InChI=1S/C25H30ClN7O3/c1-16-19(12-23(35)29-14-22-27-8-4-9-28-22)24(30-13-17-6-7-21(36-2)20(26)11-17)32-25(31-16)33-10-3-5-18(33)15-34/h4,6-9,11,18,34H,3,5,10,12-15H2,1-2H3,(H,29,35)(H,30,31,32). The zero-order chi connectivity index (χ0) is 25.5. The van der Waals surface area contributed by atoms with Crippen molar-refractivity contribution in [2.24, 2.45) is 0 Å². The molecule has 190 valence electrons. The van der Waals surface area contributed by atoms with Crippen molar-refractivity contribution in [3.63, 3.8) is 0 Å². The maximum Gasteiger partial charge on any atom is 0.227 e. The lowest BCUT2D eigenvalue weighted by Crippen LogP contribution is -2.34. The van der Waals surface area contributed by atoms with E-state index in [1.807, 2.05) is 30.0 Å². The van der Waals surface area contributed by atoms with Gasteiger partial charge in [-0.15, -0.1) is 0 Å². The Bertz CT molecular complexity index is 1200. The largest absolute Gasteiger partial charge is 0.495 e. The fourth-order valence-corrected chi connectivity index (χ4v) is 4.46. The molecule has 1 aliphatic rings. The SMILES string of the molecule is COc1ccc(CNc2nc(N3CCCC3CO)nc(C)c2CC(=O)NCc2ncccn2)cc1Cl. The third kappa shape index (κ3) is 6.19. The number of amides is 1. The Labute approximate surface area is 215 Å². The highest BCUT2D eigenvalue weighted by atomic mass is 35.5. The normalized spacial score (nSPS) is 15.1. The van der Waals surface area contributed by atoms with Gasteiger partial charge in [-0.05, 0) is 43.5 Å². The Morgan fingerprint density at radius 2 is 2.06 bits per heavy atom. The molecule has 0 spiro atoms. The topological polar surface area (TPSA) is 125 Å². The van der Waals surface area contributed by atoms with Crippen molar-refractivity contribution in [3.8, 4) is 5.75 Å². The van der Waals surface area contributed by atoms with Gasteiger partial charge in [0.1, 0.15) is 17.4 Å². The second-order valence-corrected chi connectivity index (χ2v) is 8.96. The Kier molecular flexibility index (Phi) is 8.50. The first-order chi connectivity index (χ1) is 17.5. The number of hydrogen-bond donors (Lipinski definition) is 3. The van der Waals surface area contributed by atoms with E-state index < -0.39 is 0 Å². The molecule has 0 aliphatic carbocycles. The third-order valence-corrected chi connectivity index (χ3v) is 6.42. The van der Waals surface area contributed by atoms with Crippen LogP contribution in [0.4, 0.5) is 11.8 Å². The van der Waals surface area contributed by atoms with Gasteiger partial charge in [0.25, 0.3) is 0 Å². The predicted molar refractivity (Wildman–Crippen MR) is 137 cm³/mol. The number of benzene rings is 1. The van der Waals surface area contributed by atoms with Crippen LogP contribution < -0.4 is 20.3 Å². The van der Waals surface area contributed by atoms with E-state index in [0.717, 1.165) is 24.9 Å². The molecule has 10 nitrogen and oxygen atoms in total. The summed E-state index contributed by atoms with van der Waals surface area (Å²) in [7, 11) is 1.57. The van der Waals surface area contributed by atoms with Gasteiger partial charge in [-0.25, -0.2) is 15.0 Å². The number of nitrogens with zero attached hydrogens (tertiary/aromatic N) is 5. The molecule has 1 saturated heterocycles. The minimum atomic E-state index is -0.188. The molecule has 36 heavy (non-hydrogen) atoms. The summed E-state index contributed by atoms with van der Waals surface area (Å²) in [5, 5.41) is 16.5. The number of aliphatic hydroxyl groups is 1. The van der Waals surface area contributed by atoms with Crippen LogP contribution >= 0.6 is 11.6 Å². The highest BCUT2D eigenvalue weighted by molar-refractivity contribution is 6.32. The summed E-state index contributed by atoms with van der Waals surface area (Å²) in [5.41, 5.74) is 2.33. The van der Waals surface area contributed by atoms with Crippen LogP contribution in [0, 0.1) is 6.92 Å². The fraction of sp³-hybridized carbons (Fsp3) is 0.400. The molecule has 0 saturated carbocycles. The second kappa shape index (κ2) is 12.0. The van der Waals surface area contributed by atoms with Crippen molar-refractivity contribution in [1.82, 2.24) is 25.3 Å². The van der Waals surface area contributed by atoms with Crippen LogP contribution in [0.1, 0.15) is 35.5 Å². The van der Waals surface area contributed by atoms with Crippen molar-refractivity contribution in [2.75, 3.05) is 30.5 Å². The van der Waals surface area contributed by atoms with Crippen molar-refractivity contribution >= 4 is 29.3 Å². The van der Waals surface area contributed by atoms with E-state index in [0.29, 0.717) is 46.2 Å². The van der Waals surface area contributed by atoms with Crippen molar-refractivity contribution < 1.29 is 14.6 Å². The van der Waals surface area contributed by atoms with Gasteiger partial charge in [-0.2, -0.15) is 4.98 Å². The number of rotatable bonds is 10. The number of carbonyl (C=O) groups is 1. The lowest BCUT2D eigenvalue weighted by Gasteiger charge is -2.25. The summed E-state index contributed by atoms with van der Waals surface area (Å²) < 4.78 is 5.24. The summed E-state index contributed by atoms with van der Waals surface area (Å²) in [6, 6.07) is 7.27. The van der Waals surface area contributed by atoms with Gasteiger partial charge in [-0.1, -0.05) is 17.7 Å². The van der Waals surface area contributed by atoms with Gasteiger partial charge in [0.15, 0.2) is 0 Å². The van der Waals surface area contributed by atoms with E-state index in [9.17, 15) is 9.90 Å². The summed E-state index contributed by atoms with van der Waals surface area (Å²) in [4.78, 5) is 32.6. The molecule has 1 unspecified atom stereocenters. The van der Waals surface area contributed by atoms with Crippen LogP contribution in [0.5, 0.6) is 5.75 Å². The molecule has 1 fully saturated rings. The third-order valence-electron chi connectivity index (χ3n) is 6.12. The number of anilines is 2. The van der Waals surface area contributed by atoms with Crippen LogP contribution in [0.2, 0.25) is 5.02 Å². The molecule has 3 N–H and O–H groups in total. The van der Waals surface area contributed by atoms with Gasteiger partial charge in [0.2, 0.25) is 11.9 Å². The Hall–Kier alpha value is -3.50. The highest BCUT2D eigenvalue weighted by Gasteiger charge is 2.27. The molecule has 1 aliphatic heterocycles. The molecular weight excluding hydrogens is 482 g/mol. The van der Waals surface area contributed by atoms with Gasteiger partial charge in [0.05, 0.1) is 37.7 Å². The van der Waals surface area contributed by atoms with Crippen molar-refractivity contribution in [1.29, 1.82) is 0 Å². The summed E-state index contributed by atoms with van der Waals surface area (Å²) in [6.45, 7) is 3.36. The van der Waals surface area contributed by atoms with Crippen LogP contribution in [-0.4, -0.2) is 57.3 Å². The van der Waals surface area contributed by atoms with Gasteiger partial charge < -0.3 is 25.4 Å². The molecule has 11 heteroatoms. The number of aromatic nitrogens is 4. The first kappa shape index (κ1) is 25.6. The summed E-state index contributed by atoms with van der Waals surface area (Å²) in [5.74, 6) is 2.06. The Balaban J connectivity index is 1.56. The molecule has 2 aromatic heterocycles. The van der Waals surface area contributed by atoms with Crippen molar-refractivity contribution in [3.05, 3.63) is 64.3 Å². The maximum atomic E-state index is 12.8. The first-order valence-corrected chi connectivity index (χ1v) is 12.2. The number of hydrogen-bond acceptors (Lipinski definition) is 9. The lowest BCUT2D eigenvalue weighted by molar-refractivity contribution is -0.120. The number of halogens is 1. The number of ether oxygens (including phenoxy) is 1. The Morgan fingerprint density at radius 3 is 2.78 bits per heavy atom. The van der Waals surface area contributed by atoms with Crippen LogP contribution in [0.25, 0.3) is 0 Å². The monoisotopic (exact) mass is 511 g/mol. The molecule has 1 amide bonds. The van der Waals surface area contributed by atoms with E-state index >= 15 is 0 Å². The van der Waals surface area contributed by atoms with Crippen molar-refractivity contribution in [2.45, 2.75) is 45.3 Å². The molecule has 0 bridgehead atoms. The van der Waals surface area contributed by atoms with Gasteiger partial charge in [0, 0.05) is 36.7 Å². The minimum Gasteiger partial charge on any atom is -0.495 e. The molecule has 3 aromatic rings. The summed E-state index contributed by atoms with van der Waals surface area (Å²) in [6.07, 6.45) is 5.21. The van der Waals surface area contributed by atoms with E-state index in [-0.39, 0.29) is 31.5 Å². The average molecular weight is 512 g/mol. The molecular formula is C25H30ClN7O3. The quantitative estimate of drug-likeness (QED) is 0.376. The fourth-order valence-electron chi connectivity index (χ4n) is 4.18. The van der Waals surface area contributed by atoms with Crippen LogP contribution in [0.3, 0.4) is 0 Å². The van der Waals surface area contributed by atoms with Crippen LogP contribution in [0.15, 0.2) is 36.7 Å². The number of aliphatic hydroxyl groups excluding tert-OH is 1. The zero-order valence-electron chi connectivity index (χ0n) is 20.4. The molecule has 0 radical (unpaired) electrons. The first-order valence-electron chi connectivity index (χ1n) is 11.8. The smallest absolute Gasteiger partial charge is 0.227 e. The summed E-state index contributed by atoms with van der Waals surface area (Å²) >= 11 is 6.29. The molecule has 1 atom stereocenters. The van der Waals surface area contributed by atoms with E-state index in [1.165, 1.54) is 0 Å². The molecule has 3 heterocycles. The van der Waals surface area contributed by atoms with E-state index in [4.69, 9.17) is 26.3 Å². The van der Waals surface area contributed by atoms with Gasteiger partial charge in [-0.3, -0.25) is 4.79 Å². The average Bonchev–Trinajstić information content (AvgIpc) is 3.37. The predicted octanol–water partition coefficient (Wildman–Crippen LogP) is 2.67. The molecule has 4 rings (SSSR count). The van der Waals surface area contributed by atoms with Gasteiger partial charge >= 0.3 is 0 Å². The lowest BCUT2D eigenvalue weighted by atomic mass is 10.1. The second-order valence-electron chi connectivity index (χ2n) is 8.55. The number of methoxy groups -OCH3 is 1. The number of nitrogens with one attached hydrogen (secondary N) is 2. The van der Waals surface area contributed by atoms with Crippen LogP contribution in [-0.2, 0) is 24.3 Å². The molecule has 1 aromatic carbocycles. The Morgan fingerprint density at radius 1 is 1.25 bits per heavy atom. The zero-order valence-corrected chi connectivity index (χ0v) is 21.1. The maximum absolute atomic E-state index is 12.8. The number of carbonyl (C=O) groups excluding carboxylic acids is 1. The minimum absolute atomic E-state index is 0.0161. The van der Waals surface area contributed by atoms with E-state index in [2.05, 4.69) is 20.6 Å². The van der Waals surface area contributed by atoms with E-state index in [1.54, 1.807) is 25.6 Å². The number of aryl methyl sites for hydroxylation is 1. The highest BCUT2D eigenvalue weighted by Crippen LogP contribution is 2.28.